The fraction of sp³-hybridized carbons (Fsp3) is 0.143. The molecule has 2 N–H and O–H groups in total. The second kappa shape index (κ2) is 6.47. The molecule has 0 aliphatic heterocycles. The topological polar surface area (TPSA) is 40.5 Å². The van der Waals surface area contributed by atoms with Crippen LogP contribution in [0.15, 0.2) is 36.4 Å². The third kappa shape index (κ3) is 2.51. The molecule has 0 heterocycles. The summed E-state index contributed by atoms with van der Waals surface area (Å²) in [6.45, 7) is 0. The number of phenols is 2. The van der Waals surface area contributed by atoms with Crippen LogP contribution in [-0.2, 0) is 12.8 Å². The number of allylic oxidation sites excluding steroid dienone is 2. The predicted octanol–water partition coefficient (Wildman–Crippen LogP) is -2.86. The van der Waals surface area contributed by atoms with Gasteiger partial charge in [-0.3, -0.25) is 0 Å². The molecule has 2 aromatic rings. The maximum absolute atomic E-state index is 10.2. The van der Waals surface area contributed by atoms with Gasteiger partial charge in [0, 0.05) is 21.9 Å². The van der Waals surface area contributed by atoms with Crippen molar-refractivity contribution in [1.29, 1.82) is 0 Å². The summed E-state index contributed by atoms with van der Waals surface area (Å²) in [5.74, 6) is 0.625. The Bertz CT molecular complexity index is 563. The number of hydrogen-bond acceptors (Lipinski definition) is 2. The predicted molar refractivity (Wildman–Crippen MR) is 66.0 cm³/mol. The van der Waals surface area contributed by atoms with Crippen molar-refractivity contribution in [3.63, 3.8) is 0 Å². The monoisotopic (exact) mass is 260 g/mol. The van der Waals surface area contributed by atoms with Crippen LogP contribution < -0.4 is 59.1 Å². The van der Waals surface area contributed by atoms with Gasteiger partial charge in [-0.25, -0.2) is 0 Å². The van der Waals surface area contributed by atoms with E-state index in [0.29, 0.717) is 24.3 Å². The number of fused-ring (bicyclic) bond motifs is 2. The van der Waals surface area contributed by atoms with Crippen molar-refractivity contribution in [2.24, 2.45) is 0 Å². The van der Waals surface area contributed by atoms with Crippen molar-refractivity contribution < 1.29 is 72.2 Å². The molecule has 0 atom stereocenters. The molecule has 0 saturated heterocycles. The zero-order valence-corrected chi connectivity index (χ0v) is 14.8. The standard InChI is InChI=1S/C14H12O2.2Na.2H/c15-13-9-5-1-2-6-10(9)14(16)12-8-4-3-7-11(12)13;;;;/h1-6,15-16H,7-8H2;;;;/q;2*+1;2*-1. The van der Waals surface area contributed by atoms with E-state index in [9.17, 15) is 10.2 Å². The minimum Gasteiger partial charge on any atom is -1.00 e. The quantitative estimate of drug-likeness (QED) is 0.304. The Kier molecular flexibility index (Phi) is 5.78. The molecule has 4 heteroatoms. The summed E-state index contributed by atoms with van der Waals surface area (Å²) < 4.78 is 0. The van der Waals surface area contributed by atoms with E-state index in [-0.39, 0.29) is 62.0 Å². The molecule has 0 aromatic heterocycles. The van der Waals surface area contributed by atoms with E-state index in [1.807, 2.05) is 36.4 Å². The minimum absolute atomic E-state index is 0. The average molecular weight is 260 g/mol. The Balaban J connectivity index is 0. The largest absolute Gasteiger partial charge is 1.00 e. The van der Waals surface area contributed by atoms with Crippen LogP contribution in [0.5, 0.6) is 11.5 Å². The molecule has 0 spiro atoms. The van der Waals surface area contributed by atoms with Gasteiger partial charge in [-0.1, -0.05) is 36.4 Å². The van der Waals surface area contributed by atoms with Crippen LogP contribution in [0, 0.1) is 0 Å². The summed E-state index contributed by atoms with van der Waals surface area (Å²) in [6, 6.07) is 7.41. The van der Waals surface area contributed by atoms with Crippen LogP contribution in [0.4, 0.5) is 0 Å². The van der Waals surface area contributed by atoms with E-state index in [1.165, 1.54) is 0 Å². The molecule has 0 amide bonds. The molecule has 1 aliphatic rings. The van der Waals surface area contributed by atoms with Crippen LogP contribution >= 0.6 is 0 Å². The molecule has 3 rings (SSSR count). The first-order valence-corrected chi connectivity index (χ1v) is 5.38. The smallest absolute Gasteiger partial charge is 1.00 e. The van der Waals surface area contributed by atoms with Crippen molar-refractivity contribution in [2.45, 2.75) is 12.8 Å². The second-order valence-corrected chi connectivity index (χ2v) is 4.08. The summed E-state index contributed by atoms with van der Waals surface area (Å²) in [7, 11) is 0. The fourth-order valence-corrected chi connectivity index (χ4v) is 2.35. The average Bonchev–Trinajstić information content (AvgIpc) is 2.36. The van der Waals surface area contributed by atoms with E-state index in [2.05, 4.69) is 0 Å². The first-order valence-electron chi connectivity index (χ1n) is 5.38. The van der Waals surface area contributed by atoms with Gasteiger partial charge in [-0.2, -0.15) is 0 Å². The van der Waals surface area contributed by atoms with Gasteiger partial charge in [0.25, 0.3) is 0 Å². The van der Waals surface area contributed by atoms with Gasteiger partial charge in [0.05, 0.1) is 0 Å². The summed E-state index contributed by atoms with van der Waals surface area (Å²) in [6.07, 6.45) is 5.44. The molecule has 2 aromatic carbocycles. The van der Waals surface area contributed by atoms with Gasteiger partial charge in [-0.05, 0) is 12.8 Å². The van der Waals surface area contributed by atoms with Crippen LogP contribution in [-0.4, -0.2) is 10.2 Å². The second-order valence-electron chi connectivity index (χ2n) is 4.08. The van der Waals surface area contributed by atoms with Crippen molar-refractivity contribution in [2.75, 3.05) is 0 Å². The van der Waals surface area contributed by atoms with Crippen molar-refractivity contribution in [3.05, 3.63) is 47.5 Å². The maximum atomic E-state index is 10.2. The molecule has 2 nitrogen and oxygen atoms in total. The van der Waals surface area contributed by atoms with Crippen LogP contribution in [0.3, 0.4) is 0 Å². The van der Waals surface area contributed by atoms with Gasteiger partial charge < -0.3 is 13.1 Å². The van der Waals surface area contributed by atoms with Gasteiger partial charge in [0.1, 0.15) is 11.5 Å². The van der Waals surface area contributed by atoms with Gasteiger partial charge >= 0.3 is 59.1 Å². The van der Waals surface area contributed by atoms with E-state index in [0.717, 1.165) is 21.9 Å². The van der Waals surface area contributed by atoms with Gasteiger partial charge in [0.2, 0.25) is 0 Å². The van der Waals surface area contributed by atoms with Gasteiger partial charge in [-0.15, -0.1) is 0 Å². The number of rotatable bonds is 0. The maximum Gasteiger partial charge on any atom is 1.00 e. The van der Waals surface area contributed by atoms with E-state index >= 15 is 0 Å². The molecule has 84 valence electrons. The summed E-state index contributed by atoms with van der Waals surface area (Å²) in [5, 5.41) is 21.8. The Morgan fingerprint density at radius 3 is 1.56 bits per heavy atom. The molecule has 0 bridgehead atoms. The summed E-state index contributed by atoms with van der Waals surface area (Å²) in [4.78, 5) is 0. The molecular formula is C14H14Na2O2. The van der Waals surface area contributed by atoms with E-state index in [4.69, 9.17) is 0 Å². The van der Waals surface area contributed by atoms with Crippen LogP contribution in [0.2, 0.25) is 0 Å². The molecule has 0 unspecified atom stereocenters. The van der Waals surface area contributed by atoms with Crippen LogP contribution in [0.25, 0.3) is 10.8 Å². The fourth-order valence-electron chi connectivity index (χ4n) is 2.35. The molecule has 1 aliphatic carbocycles. The zero-order valence-electron chi connectivity index (χ0n) is 12.8. The first-order chi connectivity index (χ1) is 7.79. The number of benzene rings is 2. The molecule has 18 heavy (non-hydrogen) atoms. The number of phenolic OH excluding ortho intramolecular Hbond substituents is 2. The summed E-state index contributed by atoms with van der Waals surface area (Å²) >= 11 is 0. The van der Waals surface area contributed by atoms with E-state index in [1.54, 1.807) is 0 Å². The SMILES string of the molecule is Oc1c2c(c(O)c3ccccc13)CC=CC2.[H-].[H-].[Na+].[Na+]. The zero-order chi connectivity index (χ0) is 11.1. The third-order valence-electron chi connectivity index (χ3n) is 3.18. The number of aromatic hydroxyl groups is 2. The number of hydrogen-bond donors (Lipinski definition) is 2. The van der Waals surface area contributed by atoms with Gasteiger partial charge in [0.15, 0.2) is 0 Å². The Morgan fingerprint density at radius 1 is 0.778 bits per heavy atom. The van der Waals surface area contributed by atoms with Crippen LogP contribution in [0.1, 0.15) is 14.0 Å². The van der Waals surface area contributed by atoms with Crippen molar-refractivity contribution in [3.8, 4) is 11.5 Å². The normalized spacial score (nSPS) is 12.4. The minimum atomic E-state index is 0. The molecule has 0 radical (unpaired) electrons. The Morgan fingerprint density at radius 2 is 1.17 bits per heavy atom. The van der Waals surface area contributed by atoms with Crippen molar-refractivity contribution >= 4 is 10.8 Å². The Hall–Kier alpha value is 0.0400. The molecule has 0 saturated carbocycles. The van der Waals surface area contributed by atoms with E-state index < -0.39 is 0 Å². The first kappa shape index (κ1) is 16.1. The van der Waals surface area contributed by atoms with Crippen molar-refractivity contribution in [1.82, 2.24) is 0 Å². The third-order valence-corrected chi connectivity index (χ3v) is 3.18. The Labute approximate surface area is 153 Å². The molecule has 0 fully saturated rings. The molecular weight excluding hydrogens is 246 g/mol. The summed E-state index contributed by atoms with van der Waals surface area (Å²) in [5.41, 5.74) is 1.72.